The molecule has 1 aromatic rings. The van der Waals surface area contributed by atoms with Crippen LogP contribution in [0.25, 0.3) is 0 Å². The van der Waals surface area contributed by atoms with Crippen molar-refractivity contribution in [1.82, 2.24) is 4.90 Å². The molecule has 2 rings (SSSR count). The molecule has 1 aromatic carbocycles. The molecule has 0 amide bonds. The Bertz CT molecular complexity index is 688. The van der Waals surface area contributed by atoms with Gasteiger partial charge in [-0.3, -0.25) is 19.8 Å². The predicted molar refractivity (Wildman–Crippen MR) is 106 cm³/mol. The second-order valence-electron chi connectivity index (χ2n) is 9.44. The number of nitro benzene ring substituents is 1. The quantitative estimate of drug-likeness (QED) is 0.437. The third kappa shape index (κ3) is 6.03. The number of carbonyl (C=O) groups excluding carboxylic acids is 1. The van der Waals surface area contributed by atoms with Gasteiger partial charge in [0.15, 0.2) is 0 Å². The van der Waals surface area contributed by atoms with Gasteiger partial charge in [-0.25, -0.2) is 0 Å². The first-order valence-corrected chi connectivity index (χ1v) is 9.58. The number of likely N-dealkylation sites (tertiary alicyclic amines) is 1. The van der Waals surface area contributed by atoms with E-state index in [-0.39, 0.29) is 29.0 Å². The van der Waals surface area contributed by atoms with Gasteiger partial charge in [0.1, 0.15) is 5.60 Å². The Hall–Kier alpha value is -1.95. The van der Waals surface area contributed by atoms with Crippen molar-refractivity contribution in [2.75, 3.05) is 13.1 Å². The highest BCUT2D eigenvalue weighted by Crippen LogP contribution is 2.33. The lowest BCUT2D eigenvalue weighted by Gasteiger charge is -2.33. The lowest BCUT2D eigenvalue weighted by Crippen LogP contribution is -2.41. The summed E-state index contributed by atoms with van der Waals surface area (Å²) in [7, 11) is 0. The summed E-state index contributed by atoms with van der Waals surface area (Å²) in [4.78, 5) is 26.0. The highest BCUT2D eigenvalue weighted by Gasteiger charge is 2.39. The van der Waals surface area contributed by atoms with Gasteiger partial charge in [-0.2, -0.15) is 0 Å². The van der Waals surface area contributed by atoms with Crippen molar-refractivity contribution in [2.45, 2.75) is 65.5 Å². The molecule has 0 unspecified atom stereocenters. The van der Waals surface area contributed by atoms with Crippen LogP contribution < -0.4 is 0 Å². The summed E-state index contributed by atoms with van der Waals surface area (Å²) in [5.74, 6) is -0.341. The van der Waals surface area contributed by atoms with Crippen LogP contribution >= 0.6 is 0 Å². The molecule has 0 aromatic heterocycles. The van der Waals surface area contributed by atoms with Crippen LogP contribution in [0, 0.1) is 22.0 Å². The minimum atomic E-state index is -0.555. The fraction of sp³-hybridized carbons (Fsp3) is 0.667. The SMILES string of the molecule is CC(C)(C)OC(=O)[C@@H](Cc1cccc([N+](=O)[O-])c1)[C@H]1CCN(C(C)(C)C)C1. The second kappa shape index (κ2) is 7.97. The Labute approximate surface area is 162 Å². The van der Waals surface area contributed by atoms with Crippen molar-refractivity contribution >= 4 is 11.7 Å². The average molecular weight is 376 g/mol. The zero-order valence-corrected chi connectivity index (χ0v) is 17.3. The van der Waals surface area contributed by atoms with E-state index in [1.165, 1.54) is 6.07 Å². The maximum atomic E-state index is 13.0. The summed E-state index contributed by atoms with van der Waals surface area (Å²) in [5.41, 5.74) is 0.353. The van der Waals surface area contributed by atoms with Crippen molar-refractivity contribution in [1.29, 1.82) is 0 Å². The molecule has 0 N–H and O–H groups in total. The van der Waals surface area contributed by atoms with Gasteiger partial charge in [0.05, 0.1) is 10.8 Å². The number of nitro groups is 1. The molecule has 0 radical (unpaired) electrons. The van der Waals surface area contributed by atoms with Gasteiger partial charge >= 0.3 is 5.97 Å². The lowest BCUT2D eigenvalue weighted by molar-refractivity contribution is -0.384. The van der Waals surface area contributed by atoms with E-state index in [0.717, 1.165) is 25.1 Å². The first-order valence-electron chi connectivity index (χ1n) is 9.58. The van der Waals surface area contributed by atoms with Gasteiger partial charge in [0.25, 0.3) is 5.69 Å². The van der Waals surface area contributed by atoms with Crippen molar-refractivity contribution in [2.24, 2.45) is 11.8 Å². The van der Waals surface area contributed by atoms with Crippen molar-refractivity contribution in [3.05, 3.63) is 39.9 Å². The van der Waals surface area contributed by atoms with E-state index in [9.17, 15) is 14.9 Å². The monoisotopic (exact) mass is 376 g/mol. The number of hydrogen-bond donors (Lipinski definition) is 0. The van der Waals surface area contributed by atoms with Crippen molar-refractivity contribution in [3.63, 3.8) is 0 Å². The maximum absolute atomic E-state index is 13.0. The molecule has 0 aliphatic carbocycles. The van der Waals surface area contributed by atoms with Gasteiger partial charge in [-0.1, -0.05) is 12.1 Å². The van der Waals surface area contributed by atoms with Crippen LogP contribution in [0.2, 0.25) is 0 Å². The number of ether oxygens (including phenoxy) is 1. The zero-order chi connectivity index (χ0) is 20.4. The molecule has 1 aliphatic heterocycles. The van der Waals surface area contributed by atoms with E-state index in [0.29, 0.717) is 6.42 Å². The van der Waals surface area contributed by atoms with Gasteiger partial charge < -0.3 is 4.74 Å². The Morgan fingerprint density at radius 1 is 1.30 bits per heavy atom. The van der Waals surface area contributed by atoms with Crippen LogP contribution in [-0.2, 0) is 16.0 Å². The highest BCUT2D eigenvalue weighted by atomic mass is 16.6. The Balaban J connectivity index is 2.24. The summed E-state index contributed by atoms with van der Waals surface area (Å²) in [5, 5.41) is 11.1. The topological polar surface area (TPSA) is 72.7 Å². The first kappa shape index (κ1) is 21.4. The Morgan fingerprint density at radius 2 is 1.96 bits per heavy atom. The molecule has 0 bridgehead atoms. The molecule has 6 heteroatoms. The van der Waals surface area contributed by atoms with Crippen LogP contribution in [0.3, 0.4) is 0 Å². The minimum absolute atomic E-state index is 0.0539. The van der Waals surface area contributed by atoms with Gasteiger partial charge in [-0.05, 0) is 72.4 Å². The third-order valence-corrected chi connectivity index (χ3v) is 5.03. The maximum Gasteiger partial charge on any atom is 0.310 e. The predicted octanol–water partition coefficient (Wildman–Crippen LogP) is 4.22. The van der Waals surface area contributed by atoms with Gasteiger partial charge in [0.2, 0.25) is 0 Å². The van der Waals surface area contributed by atoms with E-state index < -0.39 is 10.5 Å². The number of nitrogens with zero attached hydrogens (tertiary/aromatic N) is 2. The molecular weight excluding hydrogens is 344 g/mol. The molecule has 1 heterocycles. The fourth-order valence-electron chi connectivity index (χ4n) is 3.60. The minimum Gasteiger partial charge on any atom is -0.460 e. The molecule has 1 aliphatic rings. The van der Waals surface area contributed by atoms with Gasteiger partial charge in [0, 0.05) is 24.2 Å². The number of esters is 1. The Morgan fingerprint density at radius 3 is 2.48 bits per heavy atom. The van der Waals surface area contributed by atoms with E-state index in [1.807, 2.05) is 26.8 Å². The molecule has 0 saturated carbocycles. The molecule has 6 nitrogen and oxygen atoms in total. The number of benzene rings is 1. The largest absolute Gasteiger partial charge is 0.460 e. The summed E-state index contributed by atoms with van der Waals surface area (Å²) < 4.78 is 5.69. The van der Waals surface area contributed by atoms with Crippen LogP contribution in [-0.4, -0.2) is 40.0 Å². The number of hydrogen-bond acceptors (Lipinski definition) is 5. The molecule has 1 saturated heterocycles. The normalized spacial score (nSPS) is 19.7. The fourth-order valence-corrected chi connectivity index (χ4v) is 3.60. The lowest BCUT2D eigenvalue weighted by atomic mass is 9.85. The van der Waals surface area contributed by atoms with Crippen LogP contribution in [0.15, 0.2) is 24.3 Å². The van der Waals surface area contributed by atoms with Crippen LogP contribution in [0.5, 0.6) is 0 Å². The highest BCUT2D eigenvalue weighted by molar-refractivity contribution is 5.74. The first-order chi connectivity index (χ1) is 12.4. The third-order valence-electron chi connectivity index (χ3n) is 5.03. The number of non-ortho nitro benzene ring substituents is 1. The number of rotatable bonds is 5. The number of carbonyl (C=O) groups is 1. The van der Waals surface area contributed by atoms with Crippen LogP contribution in [0.1, 0.15) is 53.5 Å². The average Bonchev–Trinajstić information content (AvgIpc) is 3.01. The summed E-state index contributed by atoms with van der Waals surface area (Å²) in [6, 6.07) is 6.56. The van der Waals surface area contributed by atoms with Gasteiger partial charge in [-0.15, -0.1) is 0 Å². The van der Waals surface area contributed by atoms with E-state index in [1.54, 1.807) is 12.1 Å². The molecule has 150 valence electrons. The van der Waals surface area contributed by atoms with E-state index in [2.05, 4.69) is 25.7 Å². The zero-order valence-electron chi connectivity index (χ0n) is 17.3. The Kier molecular flexibility index (Phi) is 6.30. The molecular formula is C21H32N2O4. The second-order valence-corrected chi connectivity index (χ2v) is 9.44. The van der Waals surface area contributed by atoms with Crippen molar-refractivity contribution < 1.29 is 14.5 Å². The molecule has 0 spiro atoms. The standard InChI is InChI=1S/C21H32N2O4/c1-20(2,3)22-11-10-16(14-22)18(19(24)27-21(4,5)6)13-15-8-7-9-17(12-15)23(25)26/h7-9,12,16,18H,10-11,13-14H2,1-6H3/t16-,18-/m0/s1. The summed E-state index contributed by atoms with van der Waals surface area (Å²) in [6.45, 7) is 13.9. The van der Waals surface area contributed by atoms with Crippen LogP contribution in [0.4, 0.5) is 5.69 Å². The molecule has 27 heavy (non-hydrogen) atoms. The smallest absolute Gasteiger partial charge is 0.310 e. The summed E-state index contributed by atoms with van der Waals surface area (Å²) in [6.07, 6.45) is 1.38. The molecule has 1 fully saturated rings. The molecule has 2 atom stereocenters. The van der Waals surface area contributed by atoms with Crippen molar-refractivity contribution in [3.8, 4) is 0 Å². The van der Waals surface area contributed by atoms with E-state index >= 15 is 0 Å². The summed E-state index contributed by atoms with van der Waals surface area (Å²) >= 11 is 0. The van der Waals surface area contributed by atoms with E-state index in [4.69, 9.17) is 4.74 Å².